The molecule has 1 atom stereocenters. The van der Waals surface area contributed by atoms with E-state index in [2.05, 4.69) is 15.2 Å². The fourth-order valence-corrected chi connectivity index (χ4v) is 2.95. The van der Waals surface area contributed by atoms with E-state index in [1.807, 2.05) is 18.3 Å². The van der Waals surface area contributed by atoms with Gasteiger partial charge in [0.15, 0.2) is 0 Å². The van der Waals surface area contributed by atoms with Gasteiger partial charge in [-0.25, -0.2) is 4.98 Å². The zero-order valence-corrected chi connectivity index (χ0v) is 12.4. The van der Waals surface area contributed by atoms with Crippen LogP contribution in [0.25, 0.3) is 0 Å². The molecule has 21 heavy (non-hydrogen) atoms. The third-order valence-electron chi connectivity index (χ3n) is 4.19. The van der Waals surface area contributed by atoms with Gasteiger partial charge in [0.2, 0.25) is 0 Å². The Morgan fingerprint density at radius 2 is 2.05 bits per heavy atom. The molecule has 2 saturated heterocycles. The first-order chi connectivity index (χ1) is 10.3. The highest BCUT2D eigenvalue weighted by Gasteiger charge is 2.22. The van der Waals surface area contributed by atoms with Crippen molar-refractivity contribution in [2.24, 2.45) is 0 Å². The number of nitrogens with zero attached hydrogens (tertiary/aromatic N) is 2. The molecule has 114 valence electrons. The van der Waals surface area contributed by atoms with Crippen LogP contribution in [0.15, 0.2) is 18.3 Å². The van der Waals surface area contributed by atoms with Gasteiger partial charge >= 0.3 is 0 Å². The minimum atomic E-state index is -0.317. The van der Waals surface area contributed by atoms with E-state index < -0.39 is 0 Å². The molecule has 3 heterocycles. The normalized spacial score (nSPS) is 22.9. The van der Waals surface area contributed by atoms with E-state index in [4.69, 9.17) is 4.74 Å². The third-order valence-corrected chi connectivity index (χ3v) is 4.19. The largest absolute Gasteiger partial charge is 0.370 e. The van der Waals surface area contributed by atoms with Crippen molar-refractivity contribution in [2.75, 3.05) is 29.9 Å². The van der Waals surface area contributed by atoms with Gasteiger partial charge < -0.3 is 15.0 Å². The fourth-order valence-electron chi connectivity index (χ4n) is 2.95. The summed E-state index contributed by atoms with van der Waals surface area (Å²) in [4.78, 5) is 18.8. The molecule has 0 aromatic carbocycles. The highest BCUT2D eigenvalue weighted by Crippen LogP contribution is 2.20. The molecule has 0 saturated carbocycles. The zero-order valence-electron chi connectivity index (χ0n) is 12.4. The van der Waals surface area contributed by atoms with Gasteiger partial charge in [-0.3, -0.25) is 4.79 Å². The van der Waals surface area contributed by atoms with Crippen LogP contribution in [-0.4, -0.2) is 36.7 Å². The first kappa shape index (κ1) is 14.3. The first-order valence-corrected chi connectivity index (χ1v) is 7.96. The van der Waals surface area contributed by atoms with E-state index in [0.717, 1.165) is 38.0 Å². The van der Waals surface area contributed by atoms with Gasteiger partial charge in [0.25, 0.3) is 5.91 Å². The summed E-state index contributed by atoms with van der Waals surface area (Å²) in [5, 5.41) is 2.85. The standard InChI is InChI=1S/C16H23N3O2/c20-16(14-6-2-5-11-21-14)18-15-8-7-13(12-17-15)19-9-3-1-4-10-19/h7-8,12,14H,1-6,9-11H2,(H,17,18,20). The van der Waals surface area contributed by atoms with Gasteiger partial charge in [-0.05, 0) is 50.7 Å². The molecule has 5 nitrogen and oxygen atoms in total. The van der Waals surface area contributed by atoms with Crippen LogP contribution in [0.5, 0.6) is 0 Å². The minimum absolute atomic E-state index is 0.0760. The van der Waals surface area contributed by atoms with Gasteiger partial charge in [-0.1, -0.05) is 0 Å². The molecule has 1 unspecified atom stereocenters. The number of pyridine rings is 1. The first-order valence-electron chi connectivity index (χ1n) is 7.96. The number of anilines is 2. The van der Waals surface area contributed by atoms with Gasteiger partial charge in [-0.15, -0.1) is 0 Å². The Morgan fingerprint density at radius 1 is 1.19 bits per heavy atom. The number of ether oxygens (including phenoxy) is 1. The predicted octanol–water partition coefficient (Wildman–Crippen LogP) is 2.58. The van der Waals surface area contributed by atoms with Crippen molar-refractivity contribution in [1.29, 1.82) is 0 Å². The minimum Gasteiger partial charge on any atom is -0.370 e. The van der Waals surface area contributed by atoms with Crippen LogP contribution >= 0.6 is 0 Å². The lowest BCUT2D eigenvalue weighted by atomic mass is 10.1. The number of carbonyl (C=O) groups is 1. The average molecular weight is 289 g/mol. The van der Waals surface area contributed by atoms with Crippen LogP contribution in [0, 0.1) is 0 Å². The van der Waals surface area contributed by atoms with Gasteiger partial charge in [0, 0.05) is 19.7 Å². The molecule has 1 amide bonds. The fraction of sp³-hybridized carbons (Fsp3) is 0.625. The molecule has 1 aromatic rings. The topological polar surface area (TPSA) is 54.5 Å². The summed E-state index contributed by atoms with van der Waals surface area (Å²) in [6, 6.07) is 3.92. The second-order valence-corrected chi connectivity index (χ2v) is 5.79. The van der Waals surface area contributed by atoms with E-state index in [9.17, 15) is 4.79 Å². The number of amides is 1. The number of hydrogen-bond donors (Lipinski definition) is 1. The maximum Gasteiger partial charge on any atom is 0.254 e. The quantitative estimate of drug-likeness (QED) is 0.929. The summed E-state index contributed by atoms with van der Waals surface area (Å²) in [5.41, 5.74) is 1.14. The van der Waals surface area contributed by atoms with Crippen molar-refractivity contribution in [3.05, 3.63) is 18.3 Å². The lowest BCUT2D eigenvalue weighted by Gasteiger charge is -2.28. The summed E-state index contributed by atoms with van der Waals surface area (Å²) in [6.07, 6.45) is 8.25. The maximum absolute atomic E-state index is 12.1. The Hall–Kier alpha value is -1.62. The van der Waals surface area contributed by atoms with Crippen molar-refractivity contribution < 1.29 is 9.53 Å². The van der Waals surface area contributed by atoms with E-state index in [1.54, 1.807) is 0 Å². The van der Waals surface area contributed by atoms with Gasteiger partial charge in [0.1, 0.15) is 11.9 Å². The average Bonchev–Trinajstić information content (AvgIpc) is 2.57. The second-order valence-electron chi connectivity index (χ2n) is 5.79. The van der Waals surface area contributed by atoms with E-state index in [1.165, 1.54) is 19.3 Å². The highest BCUT2D eigenvalue weighted by molar-refractivity contribution is 5.93. The summed E-state index contributed by atoms with van der Waals surface area (Å²) in [6.45, 7) is 2.88. The van der Waals surface area contributed by atoms with Gasteiger partial charge in [0.05, 0.1) is 11.9 Å². The van der Waals surface area contributed by atoms with Crippen LogP contribution < -0.4 is 10.2 Å². The Bertz CT molecular complexity index is 463. The molecule has 3 rings (SSSR count). The van der Waals surface area contributed by atoms with Crippen LogP contribution in [0.4, 0.5) is 11.5 Å². The molecule has 5 heteroatoms. The van der Waals surface area contributed by atoms with Crippen molar-refractivity contribution in [1.82, 2.24) is 4.98 Å². The molecule has 2 fully saturated rings. The number of piperidine rings is 1. The zero-order chi connectivity index (χ0) is 14.5. The SMILES string of the molecule is O=C(Nc1ccc(N2CCCCC2)cn1)C1CCCCO1. The summed E-state index contributed by atoms with van der Waals surface area (Å²) in [5.74, 6) is 0.530. The van der Waals surface area contributed by atoms with Crippen LogP contribution in [0.1, 0.15) is 38.5 Å². The number of carbonyl (C=O) groups excluding carboxylic acids is 1. The number of rotatable bonds is 3. The second kappa shape index (κ2) is 6.89. The number of hydrogen-bond acceptors (Lipinski definition) is 4. The van der Waals surface area contributed by atoms with Crippen LogP contribution in [0.3, 0.4) is 0 Å². The Balaban J connectivity index is 1.57. The van der Waals surface area contributed by atoms with Crippen LogP contribution in [-0.2, 0) is 9.53 Å². The molecular formula is C16H23N3O2. The Morgan fingerprint density at radius 3 is 2.71 bits per heavy atom. The molecule has 0 spiro atoms. The molecule has 0 aliphatic carbocycles. The third kappa shape index (κ3) is 3.73. The molecule has 2 aliphatic rings. The molecule has 0 radical (unpaired) electrons. The van der Waals surface area contributed by atoms with E-state index in [0.29, 0.717) is 12.4 Å². The number of nitrogens with one attached hydrogen (secondary N) is 1. The van der Waals surface area contributed by atoms with E-state index >= 15 is 0 Å². The molecule has 2 aliphatic heterocycles. The smallest absolute Gasteiger partial charge is 0.254 e. The number of aromatic nitrogens is 1. The molecule has 1 aromatic heterocycles. The lowest BCUT2D eigenvalue weighted by molar-refractivity contribution is -0.130. The van der Waals surface area contributed by atoms with Crippen molar-refractivity contribution in [2.45, 2.75) is 44.6 Å². The monoisotopic (exact) mass is 289 g/mol. The van der Waals surface area contributed by atoms with Crippen LogP contribution in [0.2, 0.25) is 0 Å². The van der Waals surface area contributed by atoms with Crippen molar-refractivity contribution in [3.63, 3.8) is 0 Å². The highest BCUT2D eigenvalue weighted by atomic mass is 16.5. The summed E-state index contributed by atoms with van der Waals surface area (Å²) < 4.78 is 5.48. The summed E-state index contributed by atoms with van der Waals surface area (Å²) in [7, 11) is 0. The maximum atomic E-state index is 12.1. The van der Waals surface area contributed by atoms with Crippen molar-refractivity contribution >= 4 is 17.4 Å². The molecule has 1 N–H and O–H groups in total. The van der Waals surface area contributed by atoms with E-state index in [-0.39, 0.29) is 12.0 Å². The Kier molecular flexibility index (Phi) is 4.70. The van der Waals surface area contributed by atoms with Crippen molar-refractivity contribution in [3.8, 4) is 0 Å². The van der Waals surface area contributed by atoms with Gasteiger partial charge in [-0.2, -0.15) is 0 Å². The molecule has 0 bridgehead atoms. The predicted molar refractivity (Wildman–Crippen MR) is 82.5 cm³/mol. The lowest BCUT2D eigenvalue weighted by Crippen LogP contribution is -2.33. The summed E-state index contributed by atoms with van der Waals surface area (Å²) >= 11 is 0. The Labute approximate surface area is 125 Å². The molecular weight excluding hydrogens is 266 g/mol.